The summed E-state index contributed by atoms with van der Waals surface area (Å²) in [6.07, 6.45) is 0.367. The SMILES string of the molecule is COC(=O)[C@H](N)Cc1ccc(OCc2c(F)cccc2Cl)cc1. The van der Waals surface area contributed by atoms with Gasteiger partial charge in [-0.15, -0.1) is 0 Å². The van der Waals surface area contributed by atoms with Crippen molar-refractivity contribution in [3.05, 3.63) is 64.4 Å². The molecule has 23 heavy (non-hydrogen) atoms. The molecule has 2 N–H and O–H groups in total. The number of hydrogen-bond acceptors (Lipinski definition) is 4. The molecule has 122 valence electrons. The van der Waals surface area contributed by atoms with Crippen LogP contribution in [0.5, 0.6) is 5.75 Å². The highest BCUT2D eigenvalue weighted by atomic mass is 35.5. The molecule has 2 aromatic rings. The molecule has 0 amide bonds. The lowest BCUT2D eigenvalue weighted by molar-refractivity contribution is -0.142. The monoisotopic (exact) mass is 337 g/mol. The Bertz CT molecular complexity index is 656. The van der Waals surface area contributed by atoms with Gasteiger partial charge in [-0.25, -0.2) is 4.39 Å². The number of esters is 1. The summed E-state index contributed by atoms with van der Waals surface area (Å²) < 4.78 is 23.8. The van der Waals surface area contributed by atoms with Gasteiger partial charge in [0, 0.05) is 5.56 Å². The van der Waals surface area contributed by atoms with E-state index < -0.39 is 17.8 Å². The van der Waals surface area contributed by atoms with Crippen molar-refractivity contribution in [3.63, 3.8) is 0 Å². The maximum Gasteiger partial charge on any atom is 0.322 e. The van der Waals surface area contributed by atoms with Crippen LogP contribution in [-0.4, -0.2) is 19.1 Å². The fourth-order valence-corrected chi connectivity index (χ4v) is 2.25. The highest BCUT2D eigenvalue weighted by molar-refractivity contribution is 6.31. The first kappa shape index (κ1) is 17.2. The highest BCUT2D eigenvalue weighted by Gasteiger charge is 2.14. The third-order valence-corrected chi connectivity index (χ3v) is 3.68. The van der Waals surface area contributed by atoms with E-state index in [1.54, 1.807) is 36.4 Å². The fraction of sp³-hybridized carbons (Fsp3) is 0.235. The first-order chi connectivity index (χ1) is 11.0. The summed E-state index contributed by atoms with van der Waals surface area (Å²) in [4.78, 5) is 11.3. The predicted molar refractivity (Wildman–Crippen MR) is 85.9 cm³/mol. The summed E-state index contributed by atoms with van der Waals surface area (Å²) in [5, 5.41) is 0.325. The molecule has 0 aliphatic rings. The van der Waals surface area contributed by atoms with Crippen molar-refractivity contribution in [2.24, 2.45) is 5.73 Å². The lowest BCUT2D eigenvalue weighted by Gasteiger charge is -2.11. The Morgan fingerprint density at radius 1 is 1.26 bits per heavy atom. The quantitative estimate of drug-likeness (QED) is 0.823. The summed E-state index contributed by atoms with van der Waals surface area (Å²) in [7, 11) is 1.30. The number of carbonyl (C=O) groups excluding carboxylic acids is 1. The minimum Gasteiger partial charge on any atom is -0.489 e. The Hall–Kier alpha value is -2.11. The smallest absolute Gasteiger partial charge is 0.322 e. The third kappa shape index (κ3) is 4.68. The Morgan fingerprint density at radius 3 is 2.57 bits per heavy atom. The Kier molecular flexibility index (Phi) is 5.96. The van der Waals surface area contributed by atoms with Crippen LogP contribution in [0.4, 0.5) is 4.39 Å². The number of halogens is 2. The molecule has 0 saturated heterocycles. The average Bonchev–Trinajstić information content (AvgIpc) is 2.55. The van der Waals surface area contributed by atoms with E-state index in [0.29, 0.717) is 22.8 Å². The van der Waals surface area contributed by atoms with Crippen molar-refractivity contribution in [2.45, 2.75) is 19.1 Å². The second-order valence-corrected chi connectivity index (χ2v) is 5.37. The Morgan fingerprint density at radius 2 is 1.96 bits per heavy atom. The molecule has 0 unspecified atom stereocenters. The minimum absolute atomic E-state index is 0.0343. The van der Waals surface area contributed by atoms with Gasteiger partial charge in [0.1, 0.15) is 24.2 Å². The Balaban J connectivity index is 1.96. The molecule has 4 nitrogen and oxygen atoms in total. The lowest BCUT2D eigenvalue weighted by Crippen LogP contribution is -2.33. The van der Waals surface area contributed by atoms with Crippen LogP contribution in [0.25, 0.3) is 0 Å². The molecule has 2 aromatic carbocycles. The van der Waals surface area contributed by atoms with Crippen LogP contribution in [0.15, 0.2) is 42.5 Å². The molecule has 0 aliphatic heterocycles. The maximum atomic E-state index is 13.6. The van der Waals surface area contributed by atoms with Gasteiger partial charge in [0.2, 0.25) is 0 Å². The van der Waals surface area contributed by atoms with Gasteiger partial charge in [0.15, 0.2) is 0 Å². The molecule has 0 aromatic heterocycles. The summed E-state index contributed by atoms with van der Waals surface area (Å²) in [6.45, 7) is 0.0343. The predicted octanol–water partition coefficient (Wildman–Crippen LogP) is 3.10. The van der Waals surface area contributed by atoms with Gasteiger partial charge in [-0.2, -0.15) is 0 Å². The van der Waals surface area contributed by atoms with Gasteiger partial charge in [-0.1, -0.05) is 29.8 Å². The molecular formula is C17H17ClFNO3. The van der Waals surface area contributed by atoms with Crippen LogP contribution < -0.4 is 10.5 Å². The molecule has 1 atom stereocenters. The van der Waals surface area contributed by atoms with Crippen molar-refractivity contribution in [1.29, 1.82) is 0 Å². The van der Waals surface area contributed by atoms with E-state index in [1.807, 2.05) is 0 Å². The molecule has 0 saturated carbocycles. The van der Waals surface area contributed by atoms with E-state index >= 15 is 0 Å². The number of rotatable bonds is 6. The molecule has 6 heteroatoms. The normalized spacial score (nSPS) is 11.8. The van der Waals surface area contributed by atoms with E-state index in [0.717, 1.165) is 5.56 Å². The summed E-state index contributed by atoms with van der Waals surface area (Å²) >= 11 is 5.94. The van der Waals surface area contributed by atoms with Crippen molar-refractivity contribution in [1.82, 2.24) is 0 Å². The number of hydrogen-bond donors (Lipinski definition) is 1. The van der Waals surface area contributed by atoms with Crippen LogP contribution in [0, 0.1) is 5.82 Å². The summed E-state index contributed by atoms with van der Waals surface area (Å²) in [6, 6.07) is 10.8. The van der Waals surface area contributed by atoms with E-state index in [2.05, 4.69) is 4.74 Å². The van der Waals surface area contributed by atoms with Crippen LogP contribution >= 0.6 is 11.6 Å². The van der Waals surface area contributed by atoms with Crippen LogP contribution in [-0.2, 0) is 22.6 Å². The van der Waals surface area contributed by atoms with E-state index in [4.69, 9.17) is 22.1 Å². The molecule has 2 rings (SSSR count). The summed E-state index contributed by atoms with van der Waals surface area (Å²) in [5.41, 5.74) is 6.89. The van der Waals surface area contributed by atoms with Crippen LogP contribution in [0.1, 0.15) is 11.1 Å². The van der Waals surface area contributed by atoms with E-state index in [1.165, 1.54) is 13.2 Å². The van der Waals surface area contributed by atoms with Gasteiger partial charge in [0.25, 0.3) is 0 Å². The Labute approximate surface area is 139 Å². The zero-order valence-electron chi connectivity index (χ0n) is 12.6. The topological polar surface area (TPSA) is 61.5 Å². The van der Waals surface area contributed by atoms with Gasteiger partial charge < -0.3 is 15.2 Å². The molecule has 0 spiro atoms. The number of benzene rings is 2. The lowest BCUT2D eigenvalue weighted by atomic mass is 10.1. The molecule has 0 bridgehead atoms. The van der Waals surface area contributed by atoms with Crippen LogP contribution in [0.2, 0.25) is 5.02 Å². The summed E-state index contributed by atoms with van der Waals surface area (Å²) in [5.74, 6) is -0.294. The largest absolute Gasteiger partial charge is 0.489 e. The zero-order chi connectivity index (χ0) is 16.8. The minimum atomic E-state index is -0.705. The van der Waals surface area contributed by atoms with Crippen LogP contribution in [0.3, 0.4) is 0 Å². The van der Waals surface area contributed by atoms with Gasteiger partial charge in [-0.3, -0.25) is 4.79 Å². The first-order valence-corrected chi connectivity index (χ1v) is 7.37. The second-order valence-electron chi connectivity index (χ2n) is 4.97. The molecular weight excluding hydrogens is 321 g/mol. The number of nitrogens with two attached hydrogens (primary N) is 1. The molecule has 0 aliphatic carbocycles. The maximum absolute atomic E-state index is 13.6. The highest BCUT2D eigenvalue weighted by Crippen LogP contribution is 2.21. The molecule has 0 fully saturated rings. The van der Waals surface area contributed by atoms with E-state index in [9.17, 15) is 9.18 Å². The van der Waals surface area contributed by atoms with Crippen molar-refractivity contribution in [3.8, 4) is 5.75 Å². The number of methoxy groups -OCH3 is 1. The fourth-order valence-electron chi connectivity index (χ4n) is 2.04. The standard InChI is InChI=1S/C17H17ClFNO3/c1-22-17(21)16(20)9-11-5-7-12(8-6-11)23-10-13-14(18)3-2-4-15(13)19/h2-8,16H,9-10,20H2,1H3/t16-/m1/s1. The van der Waals surface area contributed by atoms with Crippen molar-refractivity contribution >= 4 is 17.6 Å². The van der Waals surface area contributed by atoms with Gasteiger partial charge >= 0.3 is 5.97 Å². The average molecular weight is 338 g/mol. The molecule has 0 heterocycles. The molecule has 0 radical (unpaired) electrons. The van der Waals surface area contributed by atoms with Gasteiger partial charge in [0.05, 0.1) is 12.1 Å². The van der Waals surface area contributed by atoms with Crippen molar-refractivity contribution < 1.29 is 18.7 Å². The van der Waals surface area contributed by atoms with Crippen molar-refractivity contribution in [2.75, 3.05) is 7.11 Å². The zero-order valence-corrected chi connectivity index (χ0v) is 13.3. The first-order valence-electron chi connectivity index (χ1n) is 6.99. The van der Waals surface area contributed by atoms with E-state index in [-0.39, 0.29) is 6.61 Å². The number of carbonyl (C=O) groups is 1. The second kappa shape index (κ2) is 7.94. The third-order valence-electron chi connectivity index (χ3n) is 3.33. The number of ether oxygens (including phenoxy) is 2. The van der Waals surface area contributed by atoms with Gasteiger partial charge in [-0.05, 0) is 36.2 Å².